The first kappa shape index (κ1) is 21.4. The standard InChI is InChI=1S/C27H30N4O3/c32-15-17-9-11-30(14-17)24-13-21(26-20(8-10-28-26)25(24)27(33)34)18-6-7-23-22(12-18)29-16-31(23)19-4-2-1-3-5-19/h6-7,10,12-13,16-17,19,32H,1-5,8-9,11,14-15H2,(H,33,34)/t17-/m0/s1. The molecular formula is C27H30N4O3. The number of carboxylic acids is 1. The number of hydrogen-bond acceptors (Lipinski definition) is 5. The van der Waals surface area contributed by atoms with Gasteiger partial charge >= 0.3 is 5.97 Å². The highest BCUT2D eigenvalue weighted by molar-refractivity contribution is 6.04. The first-order valence-electron chi connectivity index (χ1n) is 12.4. The molecule has 1 saturated carbocycles. The average Bonchev–Trinajstić information content (AvgIpc) is 3.62. The monoisotopic (exact) mass is 458 g/mol. The molecule has 1 aromatic heterocycles. The van der Waals surface area contributed by atoms with Crippen LogP contribution in [0.1, 0.15) is 60.5 Å². The molecule has 2 aliphatic heterocycles. The van der Waals surface area contributed by atoms with Crippen molar-refractivity contribution in [2.24, 2.45) is 10.9 Å². The van der Waals surface area contributed by atoms with Gasteiger partial charge in [-0.15, -0.1) is 0 Å². The number of rotatable bonds is 5. The van der Waals surface area contributed by atoms with Gasteiger partial charge in [0.15, 0.2) is 0 Å². The quantitative estimate of drug-likeness (QED) is 0.562. The van der Waals surface area contributed by atoms with Crippen LogP contribution in [-0.2, 0) is 6.42 Å². The van der Waals surface area contributed by atoms with Gasteiger partial charge in [-0.2, -0.15) is 0 Å². The highest BCUT2D eigenvalue weighted by Crippen LogP contribution is 2.44. The minimum atomic E-state index is -0.919. The van der Waals surface area contributed by atoms with Crippen molar-refractivity contribution in [3.63, 3.8) is 0 Å². The molecular weight excluding hydrogens is 428 g/mol. The summed E-state index contributed by atoms with van der Waals surface area (Å²) < 4.78 is 2.33. The SMILES string of the molecule is O=C(O)c1c(N2CC[C@H](CO)C2)cc(-c2ccc3c(c2)ncn3C2CCCCC2)c2c1CC=N2. The van der Waals surface area contributed by atoms with Crippen LogP contribution in [0.2, 0.25) is 0 Å². The molecule has 1 atom stereocenters. The smallest absolute Gasteiger partial charge is 0.338 e. The number of aromatic carboxylic acids is 1. The molecule has 6 rings (SSSR count). The fraction of sp³-hybridized carbons (Fsp3) is 0.444. The number of nitrogens with zero attached hydrogens (tertiary/aromatic N) is 4. The maximum absolute atomic E-state index is 12.3. The summed E-state index contributed by atoms with van der Waals surface area (Å²) in [4.78, 5) is 23.8. The molecule has 2 N–H and O–H groups in total. The number of aliphatic hydroxyl groups excluding tert-OH is 1. The maximum atomic E-state index is 12.3. The zero-order valence-corrected chi connectivity index (χ0v) is 19.3. The van der Waals surface area contributed by atoms with E-state index in [0.29, 0.717) is 24.6 Å². The predicted octanol–water partition coefficient (Wildman–Crippen LogP) is 4.98. The van der Waals surface area contributed by atoms with E-state index in [1.54, 1.807) is 6.21 Å². The molecule has 3 aromatic rings. The van der Waals surface area contributed by atoms with E-state index in [1.165, 1.54) is 32.1 Å². The second kappa shape index (κ2) is 8.55. The van der Waals surface area contributed by atoms with Crippen molar-refractivity contribution >= 4 is 34.6 Å². The van der Waals surface area contributed by atoms with Crippen molar-refractivity contribution in [2.45, 2.75) is 51.0 Å². The summed E-state index contributed by atoms with van der Waals surface area (Å²) in [6, 6.07) is 8.90. The largest absolute Gasteiger partial charge is 0.478 e. The normalized spacial score (nSPS) is 20.4. The first-order chi connectivity index (χ1) is 16.6. The molecule has 7 heteroatoms. The molecule has 0 radical (unpaired) electrons. The Labute approximate surface area is 198 Å². The molecule has 0 amide bonds. The number of carbonyl (C=O) groups is 1. The lowest BCUT2D eigenvalue weighted by molar-refractivity contribution is 0.0696. The van der Waals surface area contributed by atoms with Crippen LogP contribution in [0.25, 0.3) is 22.2 Å². The molecule has 176 valence electrons. The summed E-state index contributed by atoms with van der Waals surface area (Å²) in [6.07, 6.45) is 11.5. The molecule has 2 aromatic carbocycles. The molecule has 3 heterocycles. The van der Waals surface area contributed by atoms with Gasteiger partial charge in [-0.3, -0.25) is 4.99 Å². The molecule has 2 fully saturated rings. The van der Waals surface area contributed by atoms with Gasteiger partial charge in [-0.05, 0) is 43.0 Å². The van der Waals surface area contributed by atoms with Crippen LogP contribution in [0.15, 0.2) is 35.6 Å². The number of fused-ring (bicyclic) bond motifs is 2. The van der Waals surface area contributed by atoms with Gasteiger partial charge in [0.2, 0.25) is 0 Å². The average molecular weight is 459 g/mol. The van der Waals surface area contributed by atoms with E-state index >= 15 is 0 Å². The van der Waals surface area contributed by atoms with Gasteiger partial charge in [0.05, 0.1) is 34.3 Å². The topological polar surface area (TPSA) is 91.0 Å². The minimum absolute atomic E-state index is 0.125. The molecule has 1 saturated heterocycles. The van der Waals surface area contributed by atoms with Crippen molar-refractivity contribution in [2.75, 3.05) is 24.6 Å². The van der Waals surface area contributed by atoms with Gasteiger partial charge in [0.25, 0.3) is 0 Å². The third-order valence-corrected chi connectivity index (χ3v) is 7.85. The number of imidazole rings is 1. The Balaban J connectivity index is 1.45. The summed E-state index contributed by atoms with van der Waals surface area (Å²) >= 11 is 0. The van der Waals surface area contributed by atoms with Crippen molar-refractivity contribution < 1.29 is 15.0 Å². The van der Waals surface area contributed by atoms with Gasteiger partial charge in [-0.25, -0.2) is 9.78 Å². The van der Waals surface area contributed by atoms with Crippen LogP contribution in [0.5, 0.6) is 0 Å². The first-order valence-corrected chi connectivity index (χ1v) is 12.4. The molecule has 0 bridgehead atoms. The molecule has 7 nitrogen and oxygen atoms in total. The Kier molecular flexibility index (Phi) is 5.37. The zero-order chi connectivity index (χ0) is 23.2. The third kappa shape index (κ3) is 3.50. The summed E-state index contributed by atoms with van der Waals surface area (Å²) in [5, 5.41) is 19.7. The number of hydrogen-bond donors (Lipinski definition) is 2. The van der Waals surface area contributed by atoms with Crippen LogP contribution in [0, 0.1) is 5.92 Å². The van der Waals surface area contributed by atoms with Crippen LogP contribution >= 0.6 is 0 Å². The van der Waals surface area contributed by atoms with E-state index in [9.17, 15) is 15.0 Å². The second-order valence-electron chi connectivity index (χ2n) is 9.90. The van der Waals surface area contributed by atoms with Crippen LogP contribution in [0.3, 0.4) is 0 Å². The van der Waals surface area contributed by atoms with E-state index in [1.807, 2.05) is 12.4 Å². The highest BCUT2D eigenvalue weighted by Gasteiger charge is 2.31. The van der Waals surface area contributed by atoms with E-state index in [0.717, 1.165) is 52.1 Å². The maximum Gasteiger partial charge on any atom is 0.338 e. The molecule has 0 unspecified atom stereocenters. The third-order valence-electron chi connectivity index (χ3n) is 7.85. The fourth-order valence-corrected chi connectivity index (χ4v) is 6.05. The van der Waals surface area contributed by atoms with Crippen LogP contribution < -0.4 is 4.90 Å². The lowest BCUT2D eigenvalue weighted by Crippen LogP contribution is -2.24. The summed E-state index contributed by atoms with van der Waals surface area (Å²) in [5.74, 6) is -0.743. The Morgan fingerprint density at radius 2 is 1.97 bits per heavy atom. The Morgan fingerprint density at radius 3 is 2.74 bits per heavy atom. The Bertz CT molecular complexity index is 1290. The van der Waals surface area contributed by atoms with E-state index in [-0.39, 0.29) is 12.5 Å². The fourth-order valence-electron chi connectivity index (χ4n) is 6.05. The van der Waals surface area contributed by atoms with E-state index in [4.69, 9.17) is 4.98 Å². The van der Waals surface area contributed by atoms with Gasteiger partial charge < -0.3 is 19.7 Å². The lowest BCUT2D eigenvalue weighted by Gasteiger charge is -2.24. The minimum Gasteiger partial charge on any atom is -0.478 e. The highest BCUT2D eigenvalue weighted by atomic mass is 16.4. The van der Waals surface area contributed by atoms with Crippen molar-refractivity contribution in [1.82, 2.24) is 9.55 Å². The summed E-state index contributed by atoms with van der Waals surface area (Å²) in [7, 11) is 0. The zero-order valence-electron chi connectivity index (χ0n) is 19.3. The van der Waals surface area contributed by atoms with Crippen molar-refractivity contribution in [3.8, 4) is 11.1 Å². The lowest BCUT2D eigenvalue weighted by atomic mass is 9.93. The number of aliphatic imine (C=N–C) groups is 1. The van der Waals surface area contributed by atoms with Gasteiger partial charge in [0.1, 0.15) is 0 Å². The number of aromatic nitrogens is 2. The van der Waals surface area contributed by atoms with Crippen LogP contribution in [0.4, 0.5) is 11.4 Å². The Hall–Kier alpha value is -3.19. The van der Waals surface area contributed by atoms with Crippen LogP contribution in [-0.4, -0.2) is 51.6 Å². The molecule has 34 heavy (non-hydrogen) atoms. The second-order valence-corrected chi connectivity index (χ2v) is 9.90. The van der Waals surface area contributed by atoms with Crippen molar-refractivity contribution in [3.05, 3.63) is 41.7 Å². The summed E-state index contributed by atoms with van der Waals surface area (Å²) in [5.41, 5.74) is 6.68. The van der Waals surface area contributed by atoms with Crippen molar-refractivity contribution in [1.29, 1.82) is 0 Å². The number of benzene rings is 2. The number of anilines is 1. The van der Waals surface area contributed by atoms with Gasteiger partial charge in [-0.1, -0.05) is 25.3 Å². The number of carboxylic acid groups (broad SMARTS) is 1. The Morgan fingerprint density at radius 1 is 1.12 bits per heavy atom. The predicted molar refractivity (Wildman–Crippen MR) is 134 cm³/mol. The molecule has 0 spiro atoms. The van der Waals surface area contributed by atoms with Gasteiger partial charge in [0, 0.05) is 55.4 Å². The van der Waals surface area contributed by atoms with E-state index < -0.39 is 5.97 Å². The number of aliphatic hydroxyl groups is 1. The van der Waals surface area contributed by atoms with E-state index in [2.05, 4.69) is 32.7 Å². The molecule has 1 aliphatic carbocycles. The molecule has 3 aliphatic rings. The summed E-state index contributed by atoms with van der Waals surface area (Å²) in [6.45, 7) is 1.54.